The third kappa shape index (κ3) is 16.6. The van der Waals surface area contributed by atoms with Crippen molar-refractivity contribution >= 4 is 29.8 Å². The highest BCUT2D eigenvalue weighted by molar-refractivity contribution is 5.78. The minimum absolute atomic E-state index is 0.0269. The molecule has 1 fully saturated rings. The van der Waals surface area contributed by atoms with Crippen molar-refractivity contribution in [1.82, 2.24) is 15.1 Å². The van der Waals surface area contributed by atoms with Crippen LogP contribution in [0.3, 0.4) is 0 Å². The van der Waals surface area contributed by atoms with Gasteiger partial charge in [0.05, 0.1) is 28.3 Å². The largest absolute Gasteiger partial charge is 0.494 e. The molecular weight excluding hydrogens is 885 g/mol. The first-order valence-corrected chi connectivity index (χ1v) is 23.3. The van der Waals surface area contributed by atoms with Crippen molar-refractivity contribution in [1.29, 1.82) is 0 Å². The van der Waals surface area contributed by atoms with E-state index in [1.54, 1.807) is 0 Å². The topological polar surface area (TPSA) is 208 Å². The van der Waals surface area contributed by atoms with E-state index in [0.29, 0.717) is 49.7 Å². The second kappa shape index (κ2) is 23.4. The molecule has 2 aromatic carbocycles. The molecule has 1 aromatic heterocycles. The molecule has 5 atom stereocenters. The van der Waals surface area contributed by atoms with Crippen LogP contribution in [0.25, 0.3) is 0 Å². The molecule has 382 valence electrons. The number of nitrogens with one attached hydrogen (secondary N) is 1. The number of hydrogen-bond donors (Lipinski definition) is 2. The summed E-state index contributed by atoms with van der Waals surface area (Å²) in [7, 11) is 0. The van der Waals surface area contributed by atoms with Crippen molar-refractivity contribution < 1.29 is 62.6 Å². The minimum Gasteiger partial charge on any atom is -0.494 e. The maximum atomic E-state index is 14.0. The number of amides is 1. The zero-order valence-corrected chi connectivity index (χ0v) is 42.4. The Kier molecular flexibility index (Phi) is 16.9. The minimum atomic E-state index is -1.73. The molecule has 16 nitrogen and oxygen atoms in total. The molecule has 2 heterocycles. The lowest BCUT2D eigenvalue weighted by atomic mass is 9.93. The van der Waals surface area contributed by atoms with Gasteiger partial charge in [0.2, 0.25) is 24.2 Å². The number of primary amides is 1. The van der Waals surface area contributed by atoms with Gasteiger partial charge in [-0.2, -0.15) is 0 Å². The van der Waals surface area contributed by atoms with E-state index in [0.717, 1.165) is 16.7 Å². The Labute approximate surface area is 414 Å². The van der Waals surface area contributed by atoms with Gasteiger partial charge in [0, 0.05) is 49.2 Å². The smallest absolute Gasteiger partial charge is 0.311 e. The third-order valence-electron chi connectivity index (χ3n) is 11.1. The van der Waals surface area contributed by atoms with Crippen LogP contribution in [0.2, 0.25) is 0 Å². The molecule has 0 spiro atoms. The summed E-state index contributed by atoms with van der Waals surface area (Å²) in [5.74, 6) is -3.28. The van der Waals surface area contributed by atoms with E-state index < -0.39 is 104 Å². The van der Waals surface area contributed by atoms with Gasteiger partial charge < -0.3 is 38.9 Å². The molecule has 1 aliphatic heterocycles. The monoisotopic (exact) mass is 967 g/mol. The second-order valence-electron chi connectivity index (χ2n) is 20.9. The van der Waals surface area contributed by atoms with Crippen LogP contribution < -0.4 is 15.2 Å². The number of carbonyl (C=O) groups is 5. The number of carbonyl (C=O) groups excluding carboxylic acids is 5. The van der Waals surface area contributed by atoms with Crippen LogP contribution in [-0.4, -0.2) is 102 Å². The highest BCUT2D eigenvalue weighted by Gasteiger charge is 2.56. The third-order valence-corrected chi connectivity index (χ3v) is 11.1. The zero-order valence-electron chi connectivity index (χ0n) is 46.4. The Bertz CT molecular complexity index is 2330. The van der Waals surface area contributed by atoms with E-state index >= 15 is 0 Å². The first-order valence-electron chi connectivity index (χ1n) is 26.2. The number of aryl methyl sites for hydroxylation is 1. The van der Waals surface area contributed by atoms with E-state index in [9.17, 15) is 24.0 Å². The summed E-state index contributed by atoms with van der Waals surface area (Å²) in [5, 5.41) is 7.64. The Hall–Kier alpha value is -5.48. The van der Waals surface area contributed by atoms with E-state index in [4.69, 9.17) is 44.4 Å². The van der Waals surface area contributed by atoms with Crippen molar-refractivity contribution in [3.63, 3.8) is 0 Å². The van der Waals surface area contributed by atoms with Gasteiger partial charge in [-0.3, -0.25) is 34.0 Å². The van der Waals surface area contributed by atoms with Crippen molar-refractivity contribution in [3.05, 3.63) is 76.5 Å². The number of nitrogens with zero attached hydrogens (tertiary/aromatic N) is 2. The summed E-state index contributed by atoms with van der Waals surface area (Å²) in [6.45, 7) is 18.0. The van der Waals surface area contributed by atoms with E-state index in [1.165, 1.54) is 55.4 Å². The molecule has 1 unspecified atom stereocenters. The molecule has 4 rings (SSSR count). The van der Waals surface area contributed by atoms with E-state index in [2.05, 4.69) is 15.1 Å². The molecule has 16 heteroatoms. The fourth-order valence-electron chi connectivity index (χ4n) is 6.93. The first-order chi connectivity index (χ1) is 34.2. The highest BCUT2D eigenvalue weighted by atomic mass is 16.7. The zero-order chi connectivity index (χ0) is 54.5. The van der Waals surface area contributed by atoms with Gasteiger partial charge >= 0.3 is 23.9 Å². The summed E-state index contributed by atoms with van der Waals surface area (Å²) >= 11 is 0. The van der Waals surface area contributed by atoms with Gasteiger partial charge in [0.15, 0.2) is 12.2 Å². The highest BCUT2D eigenvalue weighted by Crippen LogP contribution is 2.37. The van der Waals surface area contributed by atoms with Crippen LogP contribution in [0, 0.1) is 28.6 Å². The van der Waals surface area contributed by atoms with Crippen molar-refractivity contribution in [3.8, 4) is 11.6 Å². The molecule has 0 aliphatic carbocycles. The predicted octanol–water partition coefficient (Wildman–Crippen LogP) is 8.15. The summed E-state index contributed by atoms with van der Waals surface area (Å²) in [6.07, 6.45) is -7.06. The lowest BCUT2D eigenvalue weighted by Gasteiger charge is -2.45. The number of rotatable bonds is 20. The predicted molar refractivity (Wildman–Crippen MR) is 260 cm³/mol. The maximum absolute atomic E-state index is 14.0. The number of H-pyrrole nitrogens is 1. The van der Waals surface area contributed by atoms with Crippen LogP contribution in [-0.2, 0) is 60.6 Å². The molecule has 69 heavy (non-hydrogen) atoms. The van der Waals surface area contributed by atoms with Crippen LogP contribution in [0.1, 0.15) is 149 Å². The van der Waals surface area contributed by atoms with Gasteiger partial charge in [-0.1, -0.05) is 50.2 Å². The number of esters is 4. The molecule has 1 aliphatic rings. The normalized spacial score (nSPS) is 19.7. The van der Waals surface area contributed by atoms with Gasteiger partial charge in [0.25, 0.3) is 0 Å². The second-order valence-corrected chi connectivity index (χ2v) is 20.9. The Balaban J connectivity index is 1.74. The number of aromatic amines is 1. The summed E-state index contributed by atoms with van der Waals surface area (Å²) in [6, 6.07) is 15.7. The summed E-state index contributed by atoms with van der Waals surface area (Å²) < 4.78 is 75.7. The first kappa shape index (κ1) is 49.9. The molecule has 3 aromatic rings. The number of hydrogen-bond acceptors (Lipinski definition) is 14. The van der Waals surface area contributed by atoms with Crippen molar-refractivity contribution in [2.75, 3.05) is 26.3 Å². The lowest BCUT2D eigenvalue weighted by Crippen LogP contribution is -2.65. The van der Waals surface area contributed by atoms with Crippen molar-refractivity contribution in [2.24, 2.45) is 27.4 Å². The molecular formula is C53H78N4O12. The lowest BCUT2D eigenvalue weighted by molar-refractivity contribution is -0.294. The number of aromatic nitrogens is 2. The van der Waals surface area contributed by atoms with Gasteiger partial charge in [0.1, 0.15) is 18.5 Å². The molecule has 0 bridgehead atoms. The SMILES string of the molecule is [2H]CC(C)(C)C(=O)OC[C@H]1OC(Oc2n[nH]c(C(C)C)c2Cc2ccc(OCCCN(CCC(N)=O)Cc3ccccc3)cc2C)[C@H](OC(=O)C(C)(C)C[2H])[C@@H](OC(=O)C(C)(C)C[2H])[C@@H]1OC(=O)C(C)(C)C[2H]. The average molecular weight is 967 g/mol. The van der Waals surface area contributed by atoms with Gasteiger partial charge in [-0.15, -0.1) is 5.10 Å². The average Bonchev–Trinajstić information content (AvgIpc) is 3.75. The Morgan fingerprint density at radius 3 is 1.94 bits per heavy atom. The number of nitrogens with two attached hydrogens (primary N) is 1. The molecule has 3 N–H and O–H groups in total. The molecule has 0 radical (unpaired) electrons. The van der Waals surface area contributed by atoms with E-state index in [1.807, 2.05) is 69.3 Å². The summed E-state index contributed by atoms with van der Waals surface area (Å²) in [5.41, 5.74) is 4.22. The van der Waals surface area contributed by atoms with E-state index in [-0.39, 0.29) is 37.4 Å². The van der Waals surface area contributed by atoms with Crippen LogP contribution in [0.5, 0.6) is 11.6 Å². The fraction of sp³-hybridized carbons (Fsp3) is 0.623. The van der Waals surface area contributed by atoms with Crippen molar-refractivity contribution in [2.45, 2.75) is 166 Å². The van der Waals surface area contributed by atoms with Crippen LogP contribution in [0.15, 0.2) is 48.5 Å². The maximum Gasteiger partial charge on any atom is 0.311 e. The summed E-state index contributed by atoms with van der Waals surface area (Å²) in [4.78, 5) is 69.0. The fourth-order valence-corrected chi connectivity index (χ4v) is 6.93. The Morgan fingerprint density at radius 2 is 1.38 bits per heavy atom. The number of benzene rings is 2. The Morgan fingerprint density at radius 1 is 0.797 bits per heavy atom. The quantitative estimate of drug-likeness (QED) is 0.0623. The molecule has 0 saturated carbocycles. The molecule has 1 saturated heterocycles. The van der Waals surface area contributed by atoms with Gasteiger partial charge in [-0.25, -0.2) is 0 Å². The molecule has 1 amide bonds. The number of ether oxygens (including phenoxy) is 7. The van der Waals surface area contributed by atoms with Crippen LogP contribution >= 0.6 is 0 Å². The van der Waals surface area contributed by atoms with Crippen LogP contribution in [0.4, 0.5) is 0 Å². The van der Waals surface area contributed by atoms with Gasteiger partial charge in [-0.05, 0) is 131 Å². The standard InChI is InChI=1S/C53H78N4O12/c1-32(2)40-37(29-35-22-23-36(28-33(35)3)63-27-19-25-57(26-24-39(54)58)30-34-20-17-16-18-21-34)44(56-55-40)69-45-43(68-49(62)53(13,14)15)42(67-48(61)52(10,11)12)41(66-47(60)51(7,8)9)38(65-45)31-64-46(59)50(4,5)6/h16-18,20-23,28,32,38,41-43,45H,19,24-27,29-31H2,1-15H3,(H2,54,58)(H,55,56)/t38-,41-,42+,43-,45?/m1/s1/i4D,7D,10D,13D.